The molecule has 0 aliphatic heterocycles. The molecule has 0 aliphatic carbocycles. The number of aromatic nitrogens is 4. The van der Waals surface area contributed by atoms with Gasteiger partial charge in [-0.2, -0.15) is 18.3 Å². The van der Waals surface area contributed by atoms with Gasteiger partial charge in [0.15, 0.2) is 5.65 Å². The molecular weight excluding hydrogens is 497 g/mol. The Hall–Kier alpha value is -4.43. The van der Waals surface area contributed by atoms with Gasteiger partial charge in [0.25, 0.3) is 5.91 Å². The molecule has 0 radical (unpaired) electrons. The maximum absolute atomic E-state index is 13.3. The number of anilines is 2. The Morgan fingerprint density at radius 1 is 1.13 bits per heavy atom. The van der Waals surface area contributed by atoms with Crippen LogP contribution in [-0.2, 0) is 12.7 Å². The first-order valence-electron chi connectivity index (χ1n) is 11.7. The summed E-state index contributed by atoms with van der Waals surface area (Å²) in [5.74, 6) is 5.50. The Morgan fingerprint density at radius 2 is 1.87 bits per heavy atom. The van der Waals surface area contributed by atoms with Gasteiger partial charge in [-0.25, -0.2) is 14.6 Å². The molecule has 4 aromatic rings. The summed E-state index contributed by atoms with van der Waals surface area (Å²) < 4.78 is 41.4. The first kappa shape index (κ1) is 26.6. The van der Waals surface area contributed by atoms with Crippen LogP contribution in [0.3, 0.4) is 0 Å². The number of aliphatic hydroxyl groups is 1. The summed E-state index contributed by atoms with van der Waals surface area (Å²) in [7, 11) is 0. The van der Waals surface area contributed by atoms with E-state index in [1.807, 2.05) is 13.8 Å². The Morgan fingerprint density at radius 3 is 2.58 bits per heavy atom. The molecule has 38 heavy (non-hydrogen) atoms. The molecule has 11 heteroatoms. The number of nitrogen functional groups attached to an aromatic ring is 1. The number of aliphatic hydroxyl groups excluding tert-OH is 1. The molecule has 1 atom stereocenters. The van der Waals surface area contributed by atoms with Crippen LogP contribution in [0, 0.1) is 31.6 Å². The lowest BCUT2D eigenvalue weighted by Crippen LogP contribution is -2.15. The first-order chi connectivity index (χ1) is 18.0. The summed E-state index contributed by atoms with van der Waals surface area (Å²) in [6, 6.07) is 8.47. The van der Waals surface area contributed by atoms with Crippen molar-refractivity contribution >= 4 is 28.4 Å². The number of rotatable bonds is 5. The van der Waals surface area contributed by atoms with E-state index in [1.165, 1.54) is 25.4 Å². The van der Waals surface area contributed by atoms with Crippen molar-refractivity contribution < 1.29 is 23.1 Å². The van der Waals surface area contributed by atoms with Crippen LogP contribution >= 0.6 is 0 Å². The molecule has 2 heterocycles. The number of hydrogen-bond acceptors (Lipinski definition) is 6. The largest absolute Gasteiger partial charge is 0.416 e. The highest BCUT2D eigenvalue weighted by atomic mass is 19.4. The van der Waals surface area contributed by atoms with Gasteiger partial charge in [0.2, 0.25) is 0 Å². The van der Waals surface area contributed by atoms with Crippen molar-refractivity contribution in [3.63, 3.8) is 0 Å². The third-order valence-corrected chi connectivity index (χ3v) is 5.97. The lowest BCUT2D eigenvalue weighted by Gasteiger charge is -2.12. The van der Waals surface area contributed by atoms with Crippen LogP contribution < -0.4 is 11.1 Å². The number of nitrogens with two attached hydrogens (primary N) is 1. The Labute approximate surface area is 216 Å². The van der Waals surface area contributed by atoms with E-state index in [9.17, 15) is 23.1 Å². The minimum atomic E-state index is -4.56. The van der Waals surface area contributed by atoms with Crippen LogP contribution in [0.2, 0.25) is 0 Å². The molecule has 0 aliphatic rings. The maximum atomic E-state index is 13.3. The second-order valence-corrected chi connectivity index (χ2v) is 9.04. The summed E-state index contributed by atoms with van der Waals surface area (Å²) in [5.41, 5.74) is 7.75. The molecule has 0 bridgehead atoms. The van der Waals surface area contributed by atoms with E-state index in [0.29, 0.717) is 34.5 Å². The van der Waals surface area contributed by atoms with Gasteiger partial charge < -0.3 is 16.2 Å². The molecule has 0 fully saturated rings. The van der Waals surface area contributed by atoms with E-state index >= 15 is 0 Å². The van der Waals surface area contributed by atoms with Crippen molar-refractivity contribution in [2.75, 3.05) is 17.7 Å². The third-order valence-electron chi connectivity index (χ3n) is 5.97. The summed E-state index contributed by atoms with van der Waals surface area (Å²) in [6.07, 6.45) is -3.23. The number of benzene rings is 2. The number of nitrogens with one attached hydrogen (secondary N) is 1. The standard InChI is InChI=1S/C27H25F3N6O2/c1-15(13-37)12-36-25-23(24(31)32-14-33-25)22(35-36)9-7-18-10-20(8-5-16(18)2)34-26(38)19-6-4-17(3)21(11-19)27(28,29)30/h4-6,8,10-11,14-15,37H,12-13H2,1-3H3,(H,34,38)(H2,31,32,33)/t15-/m0/s1. The molecule has 0 saturated carbocycles. The monoisotopic (exact) mass is 522 g/mol. The second kappa shape index (κ2) is 10.5. The van der Waals surface area contributed by atoms with Crippen molar-refractivity contribution in [1.82, 2.24) is 19.7 Å². The number of halogens is 3. The number of hydrogen-bond donors (Lipinski definition) is 3. The normalized spacial score (nSPS) is 12.2. The highest BCUT2D eigenvalue weighted by molar-refractivity contribution is 6.04. The van der Waals surface area contributed by atoms with Crippen molar-refractivity contribution in [3.05, 3.63) is 76.2 Å². The molecule has 4 rings (SSSR count). The Bertz CT molecular complexity index is 1580. The third kappa shape index (κ3) is 5.60. The topological polar surface area (TPSA) is 119 Å². The molecule has 0 saturated heterocycles. The van der Waals surface area contributed by atoms with E-state index in [4.69, 9.17) is 5.73 Å². The minimum absolute atomic E-state index is 0.0270. The lowest BCUT2D eigenvalue weighted by atomic mass is 10.0. The van der Waals surface area contributed by atoms with E-state index in [1.54, 1.807) is 22.9 Å². The number of fused-ring (bicyclic) bond motifs is 1. The predicted octanol–water partition coefficient (Wildman–Crippen LogP) is 4.32. The number of amides is 1. The molecule has 8 nitrogen and oxygen atoms in total. The molecule has 2 aromatic carbocycles. The zero-order chi connectivity index (χ0) is 27.6. The summed E-state index contributed by atoms with van der Waals surface area (Å²) >= 11 is 0. The lowest BCUT2D eigenvalue weighted by molar-refractivity contribution is -0.138. The fourth-order valence-corrected chi connectivity index (χ4v) is 3.83. The van der Waals surface area contributed by atoms with E-state index in [0.717, 1.165) is 11.6 Å². The number of nitrogens with zero attached hydrogens (tertiary/aromatic N) is 4. The Balaban J connectivity index is 1.64. The van der Waals surface area contributed by atoms with Crippen LogP contribution in [0.4, 0.5) is 24.7 Å². The Kier molecular flexibility index (Phi) is 7.37. The SMILES string of the molecule is Cc1ccc(NC(=O)c2ccc(C)c(C(F)(F)F)c2)cc1C#Cc1nn(C[C@H](C)CO)c2ncnc(N)c12. The van der Waals surface area contributed by atoms with E-state index in [2.05, 4.69) is 32.2 Å². The smallest absolute Gasteiger partial charge is 0.396 e. The average Bonchev–Trinajstić information content (AvgIpc) is 3.22. The first-order valence-corrected chi connectivity index (χ1v) is 11.7. The van der Waals surface area contributed by atoms with Crippen LogP contribution in [0.15, 0.2) is 42.7 Å². The summed E-state index contributed by atoms with van der Waals surface area (Å²) in [5, 5.41) is 17.1. The number of aryl methyl sites for hydroxylation is 2. The van der Waals surface area contributed by atoms with Crippen LogP contribution in [0.5, 0.6) is 0 Å². The van der Waals surface area contributed by atoms with Gasteiger partial charge in [-0.3, -0.25) is 4.79 Å². The molecule has 2 aromatic heterocycles. The predicted molar refractivity (Wildman–Crippen MR) is 137 cm³/mol. The highest BCUT2D eigenvalue weighted by Crippen LogP contribution is 2.32. The molecule has 4 N–H and O–H groups in total. The average molecular weight is 523 g/mol. The van der Waals surface area contributed by atoms with E-state index in [-0.39, 0.29) is 29.5 Å². The number of alkyl halides is 3. The van der Waals surface area contributed by atoms with Gasteiger partial charge in [0.1, 0.15) is 17.8 Å². The second-order valence-electron chi connectivity index (χ2n) is 9.04. The highest BCUT2D eigenvalue weighted by Gasteiger charge is 2.33. The molecule has 196 valence electrons. The summed E-state index contributed by atoms with van der Waals surface area (Å²) in [6.45, 7) is 5.42. The maximum Gasteiger partial charge on any atom is 0.416 e. The van der Waals surface area contributed by atoms with Gasteiger partial charge in [-0.15, -0.1) is 0 Å². The van der Waals surface area contributed by atoms with Crippen LogP contribution in [0.25, 0.3) is 11.0 Å². The van der Waals surface area contributed by atoms with Gasteiger partial charge in [0.05, 0.1) is 10.9 Å². The summed E-state index contributed by atoms with van der Waals surface area (Å²) in [4.78, 5) is 21.0. The van der Waals surface area contributed by atoms with Crippen molar-refractivity contribution in [1.29, 1.82) is 0 Å². The zero-order valence-corrected chi connectivity index (χ0v) is 20.9. The molecule has 1 amide bonds. The van der Waals surface area contributed by atoms with Gasteiger partial charge in [-0.1, -0.05) is 25.0 Å². The fourth-order valence-electron chi connectivity index (χ4n) is 3.83. The quantitative estimate of drug-likeness (QED) is 0.336. The molecule has 0 unspecified atom stereocenters. The minimum Gasteiger partial charge on any atom is -0.396 e. The fraction of sp³-hybridized carbons (Fsp3) is 0.259. The van der Waals surface area contributed by atoms with Crippen molar-refractivity contribution in [2.24, 2.45) is 5.92 Å². The van der Waals surface area contributed by atoms with Gasteiger partial charge >= 0.3 is 6.18 Å². The van der Waals surface area contributed by atoms with Crippen LogP contribution in [-0.4, -0.2) is 37.4 Å². The number of carbonyl (C=O) groups is 1. The van der Waals surface area contributed by atoms with Crippen LogP contribution in [0.1, 0.15) is 45.2 Å². The molecule has 0 spiro atoms. The van der Waals surface area contributed by atoms with Crippen molar-refractivity contribution in [2.45, 2.75) is 33.5 Å². The van der Waals surface area contributed by atoms with Crippen molar-refractivity contribution in [3.8, 4) is 11.8 Å². The molecular formula is C27H25F3N6O2. The van der Waals surface area contributed by atoms with Gasteiger partial charge in [-0.05, 0) is 61.1 Å². The van der Waals surface area contributed by atoms with Gasteiger partial charge in [0, 0.05) is 30.0 Å². The number of carbonyl (C=O) groups excluding carboxylic acids is 1. The zero-order valence-electron chi connectivity index (χ0n) is 20.9. The van der Waals surface area contributed by atoms with E-state index < -0.39 is 17.6 Å².